The van der Waals surface area contributed by atoms with Crippen LogP contribution in [0.15, 0.2) is 97.1 Å². The Morgan fingerprint density at radius 1 is 0.741 bits per heavy atom. The third kappa shape index (κ3) is 6.52. The lowest BCUT2D eigenvalue weighted by molar-refractivity contribution is 0.146. The maximum atomic E-state index is 10.8. The van der Waals surface area contributed by atoms with Crippen LogP contribution in [0.1, 0.15) is 16.7 Å². The van der Waals surface area contributed by atoms with Crippen molar-refractivity contribution in [2.75, 3.05) is 6.54 Å². The first-order valence-corrected chi connectivity index (χ1v) is 9.54. The van der Waals surface area contributed by atoms with Gasteiger partial charge in [0.2, 0.25) is 0 Å². The first-order chi connectivity index (χ1) is 13.3. The second-order valence-electron chi connectivity index (χ2n) is 6.74. The quantitative estimate of drug-likeness (QED) is 0.591. The molecule has 0 aliphatic carbocycles. The fourth-order valence-electron chi connectivity index (χ4n) is 3.12. The molecule has 0 spiro atoms. The molecule has 2 atom stereocenters. The Bertz CT molecular complexity index is 800. The summed E-state index contributed by atoms with van der Waals surface area (Å²) in [6, 6.07) is 30.7. The monoisotopic (exact) mass is 357 g/mol. The minimum Gasteiger partial charge on any atom is -0.391 e. The number of aliphatic hydroxyl groups is 1. The van der Waals surface area contributed by atoms with Crippen LogP contribution < -0.4 is 5.32 Å². The molecule has 3 aromatic carbocycles. The Morgan fingerprint density at radius 2 is 1.30 bits per heavy atom. The van der Waals surface area contributed by atoms with E-state index in [1.54, 1.807) is 0 Å². The summed E-state index contributed by atoms with van der Waals surface area (Å²) < 4.78 is 0. The Morgan fingerprint density at radius 3 is 1.93 bits per heavy atom. The molecule has 0 aromatic heterocycles. The highest BCUT2D eigenvalue weighted by Gasteiger charge is 2.16. The van der Waals surface area contributed by atoms with Gasteiger partial charge in [-0.05, 0) is 29.7 Å². The van der Waals surface area contributed by atoms with E-state index < -0.39 is 6.10 Å². The van der Waals surface area contributed by atoms with Crippen LogP contribution in [0.25, 0.3) is 6.08 Å². The summed E-state index contributed by atoms with van der Waals surface area (Å²) in [6.07, 6.45) is 5.24. The third-order valence-electron chi connectivity index (χ3n) is 4.63. The molecule has 2 N–H and O–H groups in total. The number of aliphatic hydroxyl groups excluding tert-OH is 1. The zero-order valence-corrected chi connectivity index (χ0v) is 15.5. The molecule has 138 valence electrons. The highest BCUT2D eigenvalue weighted by molar-refractivity contribution is 5.49. The molecule has 0 amide bonds. The van der Waals surface area contributed by atoms with Crippen molar-refractivity contribution in [2.45, 2.75) is 25.0 Å². The second-order valence-corrected chi connectivity index (χ2v) is 6.74. The molecular weight excluding hydrogens is 330 g/mol. The predicted octanol–water partition coefficient (Wildman–Crippen LogP) is 4.50. The van der Waals surface area contributed by atoms with Crippen molar-refractivity contribution in [1.29, 1.82) is 0 Å². The van der Waals surface area contributed by atoms with Gasteiger partial charge in [-0.1, -0.05) is 103 Å². The van der Waals surface area contributed by atoms with Gasteiger partial charge in [0.25, 0.3) is 0 Å². The Hall–Kier alpha value is -2.68. The van der Waals surface area contributed by atoms with E-state index in [4.69, 9.17) is 0 Å². The predicted molar refractivity (Wildman–Crippen MR) is 114 cm³/mol. The molecule has 0 aliphatic heterocycles. The molecule has 0 bridgehead atoms. The van der Waals surface area contributed by atoms with E-state index in [1.165, 1.54) is 5.56 Å². The smallest absolute Gasteiger partial charge is 0.0769 e. The van der Waals surface area contributed by atoms with Crippen LogP contribution in [0.3, 0.4) is 0 Å². The van der Waals surface area contributed by atoms with E-state index in [-0.39, 0.29) is 6.04 Å². The van der Waals surface area contributed by atoms with Gasteiger partial charge >= 0.3 is 0 Å². The van der Waals surface area contributed by atoms with Crippen LogP contribution in [0, 0.1) is 0 Å². The van der Waals surface area contributed by atoms with E-state index in [1.807, 2.05) is 42.5 Å². The van der Waals surface area contributed by atoms with Crippen LogP contribution in [0.4, 0.5) is 0 Å². The first-order valence-electron chi connectivity index (χ1n) is 9.54. The van der Waals surface area contributed by atoms with Crippen LogP contribution >= 0.6 is 0 Å². The number of hydrogen-bond donors (Lipinski definition) is 2. The van der Waals surface area contributed by atoms with E-state index in [0.717, 1.165) is 24.1 Å². The highest BCUT2D eigenvalue weighted by Crippen LogP contribution is 2.10. The number of nitrogens with one attached hydrogen (secondary N) is 1. The lowest BCUT2D eigenvalue weighted by Gasteiger charge is -2.22. The van der Waals surface area contributed by atoms with Crippen molar-refractivity contribution in [3.05, 3.63) is 114 Å². The van der Waals surface area contributed by atoms with Gasteiger partial charge in [-0.2, -0.15) is 0 Å². The number of rotatable bonds is 9. The summed E-state index contributed by atoms with van der Waals surface area (Å²) in [5.74, 6) is 0. The molecule has 2 heteroatoms. The summed E-state index contributed by atoms with van der Waals surface area (Å²) >= 11 is 0. The lowest BCUT2D eigenvalue weighted by Crippen LogP contribution is -2.40. The minimum atomic E-state index is -0.483. The first kappa shape index (κ1) is 19.1. The molecule has 0 unspecified atom stereocenters. The Labute approximate surface area is 162 Å². The topological polar surface area (TPSA) is 32.3 Å². The standard InChI is InChI=1S/C25H27NO/c27-25(20-23-14-8-3-9-15-23)24(17-16-21-10-4-1-5-11-21)26-19-18-22-12-6-2-7-13-22/h1-17,24-27H,18-20H2/b17-16+/t24-,25+/m1/s1. The normalized spacial score (nSPS) is 13.5. The summed E-state index contributed by atoms with van der Waals surface area (Å²) in [5, 5.41) is 14.3. The van der Waals surface area contributed by atoms with Crippen LogP contribution in [-0.2, 0) is 12.8 Å². The van der Waals surface area contributed by atoms with Crippen molar-refractivity contribution < 1.29 is 5.11 Å². The molecule has 0 saturated heterocycles. The molecule has 2 nitrogen and oxygen atoms in total. The average molecular weight is 357 g/mol. The Kier molecular flexibility index (Phi) is 7.40. The van der Waals surface area contributed by atoms with Gasteiger partial charge in [0.15, 0.2) is 0 Å². The van der Waals surface area contributed by atoms with Crippen molar-refractivity contribution in [1.82, 2.24) is 5.32 Å². The maximum absolute atomic E-state index is 10.8. The summed E-state index contributed by atoms with van der Waals surface area (Å²) in [5.41, 5.74) is 3.58. The maximum Gasteiger partial charge on any atom is 0.0769 e. The van der Waals surface area contributed by atoms with Gasteiger partial charge < -0.3 is 10.4 Å². The summed E-state index contributed by atoms with van der Waals surface area (Å²) in [7, 11) is 0. The fraction of sp³-hybridized carbons (Fsp3) is 0.200. The molecule has 0 radical (unpaired) electrons. The van der Waals surface area contributed by atoms with Gasteiger partial charge in [-0.3, -0.25) is 0 Å². The summed E-state index contributed by atoms with van der Waals surface area (Å²) in [6.45, 7) is 0.819. The van der Waals surface area contributed by atoms with Gasteiger partial charge in [0.05, 0.1) is 12.1 Å². The molecule has 0 fully saturated rings. The number of benzene rings is 3. The van der Waals surface area contributed by atoms with Crippen molar-refractivity contribution in [3.63, 3.8) is 0 Å². The number of hydrogen-bond acceptors (Lipinski definition) is 2. The molecule has 0 saturated carbocycles. The highest BCUT2D eigenvalue weighted by atomic mass is 16.3. The molecule has 27 heavy (non-hydrogen) atoms. The molecular formula is C25H27NO. The minimum absolute atomic E-state index is 0.103. The van der Waals surface area contributed by atoms with Gasteiger partial charge in [0, 0.05) is 6.42 Å². The Balaban J connectivity index is 1.64. The largest absolute Gasteiger partial charge is 0.391 e. The van der Waals surface area contributed by atoms with Crippen molar-refractivity contribution in [3.8, 4) is 0 Å². The van der Waals surface area contributed by atoms with Crippen molar-refractivity contribution >= 4 is 6.08 Å². The SMILES string of the molecule is O[C@@H](Cc1ccccc1)[C@@H](/C=C/c1ccccc1)NCCc1ccccc1. The third-order valence-corrected chi connectivity index (χ3v) is 4.63. The van der Waals surface area contributed by atoms with Gasteiger partial charge in [-0.15, -0.1) is 0 Å². The van der Waals surface area contributed by atoms with E-state index in [9.17, 15) is 5.11 Å². The van der Waals surface area contributed by atoms with Crippen LogP contribution in [0.2, 0.25) is 0 Å². The molecule has 0 aliphatic rings. The molecule has 0 heterocycles. The van der Waals surface area contributed by atoms with Crippen LogP contribution in [0.5, 0.6) is 0 Å². The van der Waals surface area contributed by atoms with Gasteiger partial charge in [-0.25, -0.2) is 0 Å². The van der Waals surface area contributed by atoms with E-state index in [2.05, 4.69) is 66.0 Å². The zero-order chi connectivity index (χ0) is 18.7. The fourth-order valence-corrected chi connectivity index (χ4v) is 3.12. The second kappa shape index (κ2) is 10.5. The zero-order valence-electron chi connectivity index (χ0n) is 15.5. The van der Waals surface area contributed by atoms with Gasteiger partial charge in [0.1, 0.15) is 0 Å². The lowest BCUT2D eigenvalue weighted by atomic mass is 10.0. The molecule has 3 rings (SSSR count). The van der Waals surface area contributed by atoms with E-state index >= 15 is 0 Å². The summed E-state index contributed by atoms with van der Waals surface area (Å²) in [4.78, 5) is 0. The average Bonchev–Trinajstić information content (AvgIpc) is 2.72. The van der Waals surface area contributed by atoms with Crippen molar-refractivity contribution in [2.24, 2.45) is 0 Å². The molecule has 3 aromatic rings. The van der Waals surface area contributed by atoms with E-state index in [0.29, 0.717) is 6.42 Å². The van der Waals surface area contributed by atoms with Crippen LogP contribution in [-0.4, -0.2) is 23.8 Å².